The Hall–Kier alpha value is -0.400. The number of aliphatic hydroxyl groups is 8. The summed E-state index contributed by atoms with van der Waals surface area (Å²) in [6, 6.07) is 0. The minimum atomic E-state index is -1.41. The average molecular weight is 300 g/mol. The van der Waals surface area contributed by atoms with Gasteiger partial charge in [0.2, 0.25) is 0 Å². The van der Waals surface area contributed by atoms with Gasteiger partial charge in [-0.1, -0.05) is 0 Å². The third-order valence-corrected chi connectivity index (χ3v) is 2.95. The summed E-state index contributed by atoms with van der Waals surface area (Å²) in [5.74, 6) is 0. The van der Waals surface area contributed by atoms with E-state index in [4.69, 9.17) is 40.9 Å². The number of aliphatic hydroxyl groups excluding tert-OH is 8. The fourth-order valence-electron chi connectivity index (χ4n) is 1.58. The quantitative estimate of drug-likeness (QED) is 0.215. The van der Waals surface area contributed by atoms with Crippen molar-refractivity contribution in [1.29, 1.82) is 0 Å². The predicted octanol–water partition coefficient (Wildman–Crippen LogP) is -5.16. The molecule has 2 heterocycles. The molecule has 0 aliphatic carbocycles. The van der Waals surface area contributed by atoms with Crippen LogP contribution in [-0.4, -0.2) is 103 Å². The summed E-state index contributed by atoms with van der Waals surface area (Å²) < 4.78 is 8.94. The van der Waals surface area contributed by atoms with E-state index in [2.05, 4.69) is 9.47 Å². The van der Waals surface area contributed by atoms with Crippen LogP contribution in [0.15, 0.2) is 0 Å². The summed E-state index contributed by atoms with van der Waals surface area (Å²) in [6.07, 6.45) is -10.5. The van der Waals surface area contributed by atoms with E-state index in [9.17, 15) is 0 Å². The maximum atomic E-state index is 8.88. The molecule has 2 aliphatic rings. The lowest BCUT2D eigenvalue weighted by Crippen LogP contribution is -2.52. The van der Waals surface area contributed by atoms with Crippen molar-refractivity contribution in [2.24, 2.45) is 0 Å². The van der Waals surface area contributed by atoms with Gasteiger partial charge in [0.1, 0.15) is 36.6 Å². The molecule has 0 aromatic carbocycles. The van der Waals surface area contributed by atoms with Gasteiger partial charge in [0, 0.05) is 0 Å². The Bertz CT molecular complexity index is 233. The lowest BCUT2D eigenvalue weighted by Gasteiger charge is -2.31. The van der Waals surface area contributed by atoms with Gasteiger partial charge in [-0.2, -0.15) is 0 Å². The lowest BCUT2D eigenvalue weighted by atomic mass is 10.1. The minimum Gasteiger partial charge on any atom is -0.388 e. The molecule has 0 amide bonds. The van der Waals surface area contributed by atoms with Crippen LogP contribution >= 0.6 is 0 Å². The smallest absolute Gasteiger partial charge is 0.183 e. The van der Waals surface area contributed by atoms with Gasteiger partial charge >= 0.3 is 0 Å². The molecule has 10 heteroatoms. The van der Waals surface area contributed by atoms with Gasteiger partial charge in [-0.3, -0.25) is 0 Å². The maximum Gasteiger partial charge on any atom is 0.183 e. The topological polar surface area (TPSA) is 180 Å². The number of rotatable bonds is 0. The Morgan fingerprint density at radius 1 is 0.500 bits per heavy atom. The van der Waals surface area contributed by atoms with E-state index in [1.165, 1.54) is 0 Å². The SMILES string of the molecule is O[C@@H]1[C@@H](O)[C@@H](O)OC[C@H]1O.O[C@@H]1[C@@H](O)[C@@H](O)OC[C@H]1O. The van der Waals surface area contributed by atoms with Crippen LogP contribution in [-0.2, 0) is 9.47 Å². The van der Waals surface area contributed by atoms with Crippen LogP contribution in [0.25, 0.3) is 0 Å². The third kappa shape index (κ3) is 4.30. The molecule has 0 bridgehead atoms. The molecule has 2 rings (SSSR count). The van der Waals surface area contributed by atoms with Crippen molar-refractivity contribution in [3.8, 4) is 0 Å². The Morgan fingerprint density at radius 3 is 1.05 bits per heavy atom. The van der Waals surface area contributed by atoms with E-state index < -0.39 is 49.2 Å². The molecule has 20 heavy (non-hydrogen) atoms. The van der Waals surface area contributed by atoms with Crippen molar-refractivity contribution in [2.75, 3.05) is 13.2 Å². The summed E-state index contributed by atoms with van der Waals surface area (Å²) in [5.41, 5.74) is 0. The summed E-state index contributed by atoms with van der Waals surface area (Å²) in [6.45, 7) is -0.307. The number of ether oxygens (including phenoxy) is 2. The molecule has 0 spiro atoms. The minimum absolute atomic E-state index is 0.153. The Kier molecular flexibility index (Phi) is 6.68. The van der Waals surface area contributed by atoms with Crippen molar-refractivity contribution in [2.45, 2.75) is 49.2 Å². The highest BCUT2D eigenvalue weighted by Gasteiger charge is 2.36. The van der Waals surface area contributed by atoms with Gasteiger partial charge in [-0.25, -0.2) is 0 Å². The molecule has 0 aromatic heterocycles. The average Bonchev–Trinajstić information content (AvgIpc) is 2.43. The highest BCUT2D eigenvalue weighted by Crippen LogP contribution is 2.13. The molecule has 0 aromatic rings. The Morgan fingerprint density at radius 2 is 0.800 bits per heavy atom. The summed E-state index contributed by atoms with van der Waals surface area (Å²) >= 11 is 0. The van der Waals surface area contributed by atoms with Gasteiger partial charge < -0.3 is 50.3 Å². The fourth-order valence-corrected chi connectivity index (χ4v) is 1.58. The molecule has 0 saturated carbocycles. The van der Waals surface area contributed by atoms with Gasteiger partial charge in [-0.05, 0) is 0 Å². The van der Waals surface area contributed by atoms with E-state index in [0.29, 0.717) is 0 Å². The Balaban J connectivity index is 0.000000200. The zero-order valence-corrected chi connectivity index (χ0v) is 10.4. The fraction of sp³-hybridized carbons (Fsp3) is 1.00. The summed E-state index contributed by atoms with van der Waals surface area (Å²) in [5, 5.41) is 70.5. The summed E-state index contributed by atoms with van der Waals surface area (Å²) in [7, 11) is 0. The predicted molar refractivity (Wildman–Crippen MR) is 60.0 cm³/mol. The second-order valence-corrected chi connectivity index (χ2v) is 4.54. The van der Waals surface area contributed by atoms with Crippen molar-refractivity contribution < 1.29 is 50.3 Å². The van der Waals surface area contributed by atoms with Gasteiger partial charge in [0.25, 0.3) is 0 Å². The largest absolute Gasteiger partial charge is 0.388 e. The van der Waals surface area contributed by atoms with E-state index in [1.54, 1.807) is 0 Å². The normalized spacial score (nSPS) is 49.2. The van der Waals surface area contributed by atoms with E-state index in [-0.39, 0.29) is 13.2 Å². The van der Waals surface area contributed by atoms with Crippen LogP contribution < -0.4 is 0 Å². The van der Waals surface area contributed by atoms with Crippen molar-refractivity contribution in [1.82, 2.24) is 0 Å². The monoisotopic (exact) mass is 300 g/mol. The molecule has 2 aliphatic heterocycles. The first-order chi connectivity index (χ1) is 9.25. The van der Waals surface area contributed by atoms with E-state index in [1.807, 2.05) is 0 Å². The van der Waals surface area contributed by atoms with Crippen LogP contribution in [0, 0.1) is 0 Å². The molecule has 120 valence electrons. The second kappa shape index (κ2) is 7.56. The molecule has 8 N–H and O–H groups in total. The number of hydrogen-bond donors (Lipinski definition) is 8. The molecule has 10 nitrogen and oxygen atoms in total. The van der Waals surface area contributed by atoms with Crippen molar-refractivity contribution in [3.05, 3.63) is 0 Å². The van der Waals surface area contributed by atoms with Gasteiger partial charge in [0.05, 0.1) is 13.2 Å². The first-order valence-corrected chi connectivity index (χ1v) is 5.93. The van der Waals surface area contributed by atoms with Crippen LogP contribution in [0.2, 0.25) is 0 Å². The molecule has 2 fully saturated rings. The zero-order valence-electron chi connectivity index (χ0n) is 10.4. The lowest BCUT2D eigenvalue weighted by molar-refractivity contribution is -0.252. The van der Waals surface area contributed by atoms with Crippen molar-refractivity contribution in [3.63, 3.8) is 0 Å². The van der Waals surface area contributed by atoms with Gasteiger partial charge in [0.15, 0.2) is 12.6 Å². The second-order valence-electron chi connectivity index (χ2n) is 4.54. The maximum absolute atomic E-state index is 8.88. The molecular weight excluding hydrogens is 280 g/mol. The molecule has 0 unspecified atom stereocenters. The van der Waals surface area contributed by atoms with Gasteiger partial charge in [-0.15, -0.1) is 0 Å². The summed E-state index contributed by atoms with van der Waals surface area (Å²) in [4.78, 5) is 0. The molecule has 2 saturated heterocycles. The van der Waals surface area contributed by atoms with Crippen LogP contribution in [0.3, 0.4) is 0 Å². The molecular formula is C10H20O10. The Labute approximate surface area is 114 Å². The first-order valence-electron chi connectivity index (χ1n) is 5.93. The van der Waals surface area contributed by atoms with Crippen molar-refractivity contribution >= 4 is 0 Å². The highest BCUT2D eigenvalue weighted by molar-refractivity contribution is 4.81. The standard InChI is InChI=1S/2C5H10O5/c2*6-2-1-10-5(9)4(8)3(2)7/h2*2-9H,1H2/t2*2-,3+,4-,5+/m11/s1. The molecule has 8 atom stereocenters. The molecule has 0 radical (unpaired) electrons. The van der Waals surface area contributed by atoms with E-state index >= 15 is 0 Å². The number of hydrogen-bond acceptors (Lipinski definition) is 10. The third-order valence-electron chi connectivity index (χ3n) is 2.95. The van der Waals surface area contributed by atoms with Crippen LogP contribution in [0.1, 0.15) is 0 Å². The van der Waals surface area contributed by atoms with E-state index in [0.717, 1.165) is 0 Å². The highest BCUT2D eigenvalue weighted by atomic mass is 16.6. The van der Waals surface area contributed by atoms with Crippen LogP contribution in [0.4, 0.5) is 0 Å². The van der Waals surface area contributed by atoms with Crippen LogP contribution in [0.5, 0.6) is 0 Å². The first kappa shape index (κ1) is 17.7. The zero-order chi connectivity index (χ0) is 15.4.